The summed E-state index contributed by atoms with van der Waals surface area (Å²) in [4.78, 5) is 4.92. The van der Waals surface area contributed by atoms with E-state index in [9.17, 15) is 5.11 Å². The third-order valence-electron chi connectivity index (χ3n) is 9.53. The first-order valence-corrected chi connectivity index (χ1v) is 16.0. The van der Waals surface area contributed by atoms with Crippen LogP contribution in [0.25, 0.3) is 0 Å². The molecule has 7 heteroatoms. The van der Waals surface area contributed by atoms with E-state index in [2.05, 4.69) is 66.3 Å². The average Bonchev–Trinajstić information content (AvgIpc) is 3.04. The van der Waals surface area contributed by atoms with Crippen LogP contribution in [-0.4, -0.2) is 81.7 Å². The Morgan fingerprint density at radius 2 is 1.67 bits per heavy atom. The van der Waals surface area contributed by atoms with Crippen LogP contribution in [0.4, 0.5) is 0 Å². The Labute approximate surface area is 258 Å². The summed E-state index contributed by atoms with van der Waals surface area (Å²) in [6.07, 6.45) is 9.92. The third kappa shape index (κ3) is 8.14. The summed E-state index contributed by atoms with van der Waals surface area (Å²) in [6, 6.07) is 14.6. The average molecular weight is 591 g/mol. The molecule has 1 aliphatic heterocycles. The van der Waals surface area contributed by atoms with Crippen molar-refractivity contribution in [3.8, 4) is 11.5 Å². The fraction of sp³-hybridized carbons (Fsp3) is 0.556. The molecule has 1 saturated heterocycles. The number of hydrogen-bond donors (Lipinski definition) is 1. The maximum Gasteiger partial charge on any atom is 0.158 e. The molecule has 3 atom stereocenters. The zero-order valence-electron chi connectivity index (χ0n) is 26.5. The van der Waals surface area contributed by atoms with E-state index in [1.807, 2.05) is 12.1 Å². The minimum absolute atomic E-state index is 0.185. The van der Waals surface area contributed by atoms with Crippen molar-refractivity contribution in [1.29, 1.82) is 0 Å². The van der Waals surface area contributed by atoms with E-state index in [4.69, 9.17) is 18.9 Å². The summed E-state index contributed by atoms with van der Waals surface area (Å²) in [7, 11) is 5.63. The lowest BCUT2D eigenvalue weighted by Crippen LogP contribution is -2.44. The van der Waals surface area contributed by atoms with E-state index < -0.39 is 0 Å². The number of phenolic OH excluding ortho intramolecular Hbond substituents is 1. The molecule has 2 aromatic rings. The summed E-state index contributed by atoms with van der Waals surface area (Å²) >= 11 is 0. The molecule has 3 aliphatic rings. The van der Waals surface area contributed by atoms with Crippen molar-refractivity contribution in [2.75, 3.05) is 60.7 Å². The van der Waals surface area contributed by atoms with Gasteiger partial charge in [-0.05, 0) is 111 Å². The van der Waals surface area contributed by atoms with Gasteiger partial charge in [0, 0.05) is 44.8 Å². The molecule has 1 heterocycles. The zero-order chi connectivity index (χ0) is 30.2. The van der Waals surface area contributed by atoms with E-state index in [0.717, 1.165) is 94.7 Å². The summed E-state index contributed by atoms with van der Waals surface area (Å²) in [5.74, 6) is 4.38. The van der Waals surface area contributed by atoms with Gasteiger partial charge in [-0.25, -0.2) is 0 Å². The van der Waals surface area contributed by atoms with Crippen LogP contribution in [0.15, 0.2) is 66.1 Å². The number of fused-ring (bicyclic) bond motifs is 1. The van der Waals surface area contributed by atoms with Gasteiger partial charge in [0.1, 0.15) is 18.1 Å². The fourth-order valence-electron chi connectivity index (χ4n) is 7.04. The van der Waals surface area contributed by atoms with Gasteiger partial charge in [-0.15, -0.1) is 0 Å². The SMILES string of the molecule is CCN(Cc1ccc(OCCN(C)CC2CCOCC2)cc1)C1C=C(OC)C(OC)=CC1[C@@H]1CCc2cc(O)ccc2C1. The van der Waals surface area contributed by atoms with Crippen LogP contribution in [-0.2, 0) is 33.6 Å². The monoisotopic (exact) mass is 590 g/mol. The molecule has 0 spiro atoms. The molecule has 0 radical (unpaired) electrons. The third-order valence-corrected chi connectivity index (χ3v) is 9.53. The highest BCUT2D eigenvalue weighted by atomic mass is 16.5. The smallest absolute Gasteiger partial charge is 0.158 e. The standard InChI is InChI=1S/C36H50N2O5/c1-5-38(25-26-6-12-32(13-7-26)43-19-16-37(2)24-27-14-17-42-18-15-27)34-23-36(41-4)35(40-3)22-33(34)30-9-8-29-21-31(39)11-10-28(29)20-30/h6-7,10-13,21-23,27,30,33-34,39H,5,8-9,14-20,24-25H2,1-4H3/t30-,33?,34?/m1/s1. The topological polar surface area (TPSA) is 63.6 Å². The lowest BCUT2D eigenvalue weighted by molar-refractivity contribution is 0.0543. The molecule has 0 saturated carbocycles. The number of likely N-dealkylation sites (N-methyl/N-ethyl adjacent to an activating group) is 2. The number of ether oxygens (including phenoxy) is 4. The summed E-state index contributed by atoms with van der Waals surface area (Å²) in [6.45, 7) is 8.50. The van der Waals surface area contributed by atoms with Crippen molar-refractivity contribution in [2.45, 2.75) is 51.6 Å². The Morgan fingerprint density at radius 3 is 2.40 bits per heavy atom. The predicted molar refractivity (Wildman–Crippen MR) is 170 cm³/mol. The molecule has 2 aliphatic carbocycles. The van der Waals surface area contributed by atoms with Gasteiger partial charge < -0.3 is 29.0 Å². The van der Waals surface area contributed by atoms with Crippen molar-refractivity contribution in [3.05, 3.63) is 82.8 Å². The molecule has 5 rings (SSSR count). The van der Waals surface area contributed by atoms with Gasteiger partial charge in [0.05, 0.1) is 14.2 Å². The lowest BCUT2D eigenvalue weighted by Gasteiger charge is -2.41. The van der Waals surface area contributed by atoms with Gasteiger partial charge in [-0.2, -0.15) is 0 Å². The molecule has 43 heavy (non-hydrogen) atoms. The van der Waals surface area contributed by atoms with Gasteiger partial charge in [0.15, 0.2) is 11.5 Å². The van der Waals surface area contributed by atoms with E-state index in [0.29, 0.717) is 18.3 Å². The van der Waals surface area contributed by atoms with Crippen molar-refractivity contribution in [2.24, 2.45) is 17.8 Å². The van der Waals surface area contributed by atoms with E-state index >= 15 is 0 Å². The number of nitrogens with zero attached hydrogens (tertiary/aromatic N) is 2. The summed E-state index contributed by atoms with van der Waals surface area (Å²) in [5.41, 5.74) is 3.88. The Hall–Kier alpha value is -3.00. The number of aromatic hydroxyl groups is 1. The highest BCUT2D eigenvalue weighted by Crippen LogP contribution is 2.39. The minimum atomic E-state index is 0.185. The number of hydrogen-bond acceptors (Lipinski definition) is 7. The van der Waals surface area contributed by atoms with E-state index in [1.165, 1.54) is 16.7 Å². The first-order chi connectivity index (χ1) is 21.0. The lowest BCUT2D eigenvalue weighted by atomic mass is 9.72. The Morgan fingerprint density at radius 1 is 0.930 bits per heavy atom. The first-order valence-electron chi connectivity index (χ1n) is 16.0. The number of methoxy groups -OCH3 is 2. The largest absolute Gasteiger partial charge is 0.508 e. The van der Waals surface area contributed by atoms with Crippen molar-refractivity contribution < 1.29 is 24.1 Å². The second-order valence-electron chi connectivity index (χ2n) is 12.4. The van der Waals surface area contributed by atoms with Crippen molar-refractivity contribution in [1.82, 2.24) is 9.80 Å². The van der Waals surface area contributed by atoms with Crippen LogP contribution in [0, 0.1) is 17.8 Å². The highest BCUT2D eigenvalue weighted by molar-refractivity contribution is 5.38. The van der Waals surface area contributed by atoms with E-state index in [-0.39, 0.29) is 12.0 Å². The molecule has 0 bridgehead atoms. The number of benzene rings is 2. The molecule has 2 aromatic carbocycles. The normalized spacial score (nSPS) is 22.6. The van der Waals surface area contributed by atoms with E-state index in [1.54, 1.807) is 14.2 Å². The molecule has 0 amide bonds. The molecular formula is C36H50N2O5. The number of rotatable bonds is 13. The van der Waals surface area contributed by atoms with Crippen LogP contribution < -0.4 is 4.74 Å². The summed E-state index contributed by atoms with van der Waals surface area (Å²) in [5, 5.41) is 9.98. The second kappa shape index (κ2) is 15.1. The van der Waals surface area contributed by atoms with Gasteiger partial charge >= 0.3 is 0 Å². The van der Waals surface area contributed by atoms with Crippen LogP contribution in [0.3, 0.4) is 0 Å². The van der Waals surface area contributed by atoms with Gasteiger partial charge in [0.25, 0.3) is 0 Å². The second-order valence-corrected chi connectivity index (χ2v) is 12.4. The highest BCUT2D eigenvalue weighted by Gasteiger charge is 2.37. The van der Waals surface area contributed by atoms with Crippen LogP contribution in [0.5, 0.6) is 11.5 Å². The van der Waals surface area contributed by atoms with Gasteiger partial charge in [0.2, 0.25) is 0 Å². The van der Waals surface area contributed by atoms with Crippen molar-refractivity contribution in [3.63, 3.8) is 0 Å². The molecule has 7 nitrogen and oxygen atoms in total. The van der Waals surface area contributed by atoms with Crippen molar-refractivity contribution >= 4 is 0 Å². The Balaban J connectivity index is 1.22. The molecular weight excluding hydrogens is 540 g/mol. The number of phenols is 1. The molecule has 2 unspecified atom stereocenters. The maximum atomic E-state index is 9.98. The minimum Gasteiger partial charge on any atom is -0.508 e. The Bertz CT molecular complexity index is 1240. The van der Waals surface area contributed by atoms with Gasteiger partial charge in [-0.3, -0.25) is 4.90 Å². The zero-order valence-corrected chi connectivity index (χ0v) is 26.5. The predicted octanol–water partition coefficient (Wildman–Crippen LogP) is 5.82. The Kier molecular flexibility index (Phi) is 11.1. The molecule has 1 N–H and O–H groups in total. The van der Waals surface area contributed by atoms with Crippen LogP contribution >= 0.6 is 0 Å². The van der Waals surface area contributed by atoms with Gasteiger partial charge in [-0.1, -0.05) is 25.1 Å². The van der Waals surface area contributed by atoms with Crippen LogP contribution in [0.2, 0.25) is 0 Å². The first kappa shape index (κ1) is 31.4. The summed E-state index contributed by atoms with van der Waals surface area (Å²) < 4.78 is 23.2. The quantitative estimate of drug-likeness (QED) is 0.316. The van der Waals surface area contributed by atoms with Crippen LogP contribution in [0.1, 0.15) is 42.9 Å². The molecule has 1 fully saturated rings. The fourth-order valence-corrected chi connectivity index (χ4v) is 7.04. The molecule has 0 aromatic heterocycles. The molecule has 234 valence electrons. The number of aryl methyl sites for hydroxylation is 1. The maximum absolute atomic E-state index is 9.98.